The van der Waals surface area contributed by atoms with Crippen LogP contribution in [0, 0.1) is 23.3 Å². The molecule has 0 aliphatic rings. The van der Waals surface area contributed by atoms with Gasteiger partial charge < -0.3 is 9.47 Å². The monoisotopic (exact) mass is 364 g/mol. The van der Waals surface area contributed by atoms with Crippen LogP contribution >= 0.6 is 0 Å². The van der Waals surface area contributed by atoms with Gasteiger partial charge in [0.15, 0.2) is 23.2 Å². The zero-order chi connectivity index (χ0) is 18.8. The van der Waals surface area contributed by atoms with Crippen LogP contribution in [0.3, 0.4) is 0 Å². The number of benzene rings is 3. The molecular formula is C20H16F4O2. The number of hydrogen-bond donors (Lipinski definition) is 0. The summed E-state index contributed by atoms with van der Waals surface area (Å²) < 4.78 is 67.9. The second kappa shape index (κ2) is 7.33. The highest BCUT2D eigenvalue weighted by Gasteiger charge is 2.21. The minimum atomic E-state index is -1.28. The van der Waals surface area contributed by atoms with Gasteiger partial charge in [0.2, 0.25) is 5.82 Å². The molecule has 0 unspecified atom stereocenters. The molecule has 0 aromatic heterocycles. The molecule has 0 radical (unpaired) electrons. The van der Waals surface area contributed by atoms with E-state index < -0.39 is 23.3 Å². The van der Waals surface area contributed by atoms with Crippen molar-refractivity contribution in [3.63, 3.8) is 0 Å². The first kappa shape index (κ1) is 18.2. The molecule has 0 amide bonds. The third-order valence-corrected chi connectivity index (χ3v) is 4.12. The van der Waals surface area contributed by atoms with Gasteiger partial charge in [0, 0.05) is 17.9 Å². The Balaban J connectivity index is 2.32. The number of hydrogen-bond acceptors (Lipinski definition) is 2. The Morgan fingerprint density at radius 1 is 0.885 bits per heavy atom. The number of methoxy groups -OCH3 is 1. The van der Waals surface area contributed by atoms with Crippen molar-refractivity contribution in [1.82, 2.24) is 0 Å². The van der Waals surface area contributed by atoms with Gasteiger partial charge in [-0.3, -0.25) is 0 Å². The Labute approximate surface area is 147 Å². The second-order valence-electron chi connectivity index (χ2n) is 5.76. The van der Waals surface area contributed by atoms with Gasteiger partial charge in [-0.15, -0.1) is 0 Å². The summed E-state index contributed by atoms with van der Waals surface area (Å²) in [5, 5.41) is -0.126. The lowest BCUT2D eigenvalue weighted by Gasteiger charge is -2.12. The van der Waals surface area contributed by atoms with Gasteiger partial charge in [0.1, 0.15) is 0 Å². The van der Waals surface area contributed by atoms with Crippen molar-refractivity contribution < 1.29 is 27.0 Å². The summed E-state index contributed by atoms with van der Waals surface area (Å²) in [6.07, 6.45) is 2.88. The summed E-state index contributed by atoms with van der Waals surface area (Å²) >= 11 is 0. The highest BCUT2D eigenvalue weighted by Crippen LogP contribution is 2.36. The molecule has 3 aromatic carbocycles. The Morgan fingerprint density at radius 2 is 1.50 bits per heavy atom. The van der Waals surface area contributed by atoms with E-state index in [1.54, 1.807) is 6.92 Å². The van der Waals surface area contributed by atoms with E-state index in [1.165, 1.54) is 43.7 Å². The summed E-state index contributed by atoms with van der Waals surface area (Å²) in [5.74, 6) is -5.16. The van der Waals surface area contributed by atoms with E-state index in [0.717, 1.165) is 0 Å². The SMILES string of the molecule is CC=COc1cc2ccc3cc(CCOC)c(F)c(F)c3c2c(F)c1F. The largest absolute Gasteiger partial charge is 0.462 e. The molecule has 0 bridgehead atoms. The molecule has 0 aliphatic heterocycles. The van der Waals surface area contributed by atoms with E-state index in [-0.39, 0.29) is 45.9 Å². The van der Waals surface area contributed by atoms with Crippen LogP contribution in [0.2, 0.25) is 0 Å². The molecule has 136 valence electrons. The highest BCUT2D eigenvalue weighted by atomic mass is 19.2. The zero-order valence-corrected chi connectivity index (χ0v) is 14.2. The summed E-state index contributed by atoms with van der Waals surface area (Å²) in [5.41, 5.74) is 0.116. The van der Waals surface area contributed by atoms with Gasteiger partial charge in [0.25, 0.3) is 0 Å². The summed E-state index contributed by atoms with van der Waals surface area (Å²) in [6.45, 7) is 1.87. The molecule has 0 saturated heterocycles. The van der Waals surface area contributed by atoms with Crippen LogP contribution in [0.5, 0.6) is 5.75 Å². The van der Waals surface area contributed by atoms with Gasteiger partial charge in [-0.1, -0.05) is 18.2 Å². The van der Waals surface area contributed by atoms with E-state index in [1.807, 2.05) is 0 Å². The standard InChI is InChI=1S/C20H16F4O2/c1-3-7-26-14-10-12-5-4-11-9-13(6-8-25-2)17(21)19(23)15(11)16(12)20(24)18(14)22/h3-5,7,9-10H,6,8H2,1-2H3. The lowest BCUT2D eigenvalue weighted by atomic mass is 9.97. The number of halogens is 4. The topological polar surface area (TPSA) is 18.5 Å². The summed E-state index contributed by atoms with van der Waals surface area (Å²) in [7, 11) is 1.45. The maximum absolute atomic E-state index is 14.7. The lowest BCUT2D eigenvalue weighted by Crippen LogP contribution is -2.02. The van der Waals surface area contributed by atoms with Crippen molar-refractivity contribution in [3.05, 3.63) is 65.4 Å². The Kier molecular flexibility index (Phi) is 5.13. The van der Waals surface area contributed by atoms with Crippen LogP contribution in [0.4, 0.5) is 17.6 Å². The summed E-state index contributed by atoms with van der Waals surface area (Å²) in [6, 6.07) is 5.73. The number of fused-ring (bicyclic) bond motifs is 3. The highest BCUT2D eigenvalue weighted by molar-refractivity contribution is 6.08. The van der Waals surface area contributed by atoms with Gasteiger partial charge in [-0.05, 0) is 41.8 Å². The first-order valence-corrected chi connectivity index (χ1v) is 7.97. The van der Waals surface area contributed by atoms with Crippen LogP contribution in [-0.2, 0) is 11.2 Å². The predicted octanol–water partition coefficient (Wildman–Crippen LogP) is 5.65. The van der Waals surface area contributed by atoms with E-state index in [9.17, 15) is 17.6 Å². The van der Waals surface area contributed by atoms with Crippen LogP contribution in [0.15, 0.2) is 36.6 Å². The van der Waals surface area contributed by atoms with Crippen LogP contribution < -0.4 is 4.74 Å². The average molecular weight is 364 g/mol. The Bertz CT molecular complexity index is 1010. The summed E-state index contributed by atoms with van der Waals surface area (Å²) in [4.78, 5) is 0. The molecule has 0 heterocycles. The molecule has 0 N–H and O–H groups in total. The number of rotatable bonds is 5. The van der Waals surface area contributed by atoms with E-state index in [0.29, 0.717) is 0 Å². The molecule has 26 heavy (non-hydrogen) atoms. The molecular weight excluding hydrogens is 348 g/mol. The first-order valence-electron chi connectivity index (χ1n) is 7.97. The van der Waals surface area contributed by atoms with Crippen LogP contribution in [0.1, 0.15) is 12.5 Å². The molecule has 0 atom stereocenters. The predicted molar refractivity (Wildman–Crippen MR) is 92.3 cm³/mol. The fourth-order valence-electron chi connectivity index (χ4n) is 2.89. The van der Waals surface area contributed by atoms with E-state index >= 15 is 0 Å². The maximum atomic E-state index is 14.7. The van der Waals surface area contributed by atoms with Crippen LogP contribution in [-0.4, -0.2) is 13.7 Å². The van der Waals surface area contributed by atoms with E-state index in [2.05, 4.69) is 0 Å². The molecule has 0 fully saturated rings. The van der Waals surface area contributed by atoms with Crippen molar-refractivity contribution >= 4 is 21.5 Å². The normalized spacial score (nSPS) is 11.8. The molecule has 3 rings (SSSR count). The number of allylic oxidation sites excluding steroid dienone is 1. The maximum Gasteiger partial charge on any atom is 0.201 e. The zero-order valence-electron chi connectivity index (χ0n) is 14.2. The van der Waals surface area contributed by atoms with Crippen molar-refractivity contribution in [3.8, 4) is 5.75 Å². The van der Waals surface area contributed by atoms with Crippen molar-refractivity contribution in [1.29, 1.82) is 0 Å². The molecule has 3 aromatic rings. The minimum absolute atomic E-state index is 0.116. The van der Waals surface area contributed by atoms with E-state index in [4.69, 9.17) is 9.47 Å². The van der Waals surface area contributed by atoms with Gasteiger partial charge in [0.05, 0.1) is 12.9 Å². The minimum Gasteiger partial charge on any atom is -0.462 e. The Hall–Kier alpha value is -2.60. The molecule has 0 saturated carbocycles. The second-order valence-corrected chi connectivity index (χ2v) is 5.76. The van der Waals surface area contributed by atoms with Crippen molar-refractivity contribution in [2.24, 2.45) is 0 Å². The number of ether oxygens (including phenoxy) is 2. The van der Waals surface area contributed by atoms with Gasteiger partial charge in [-0.25, -0.2) is 13.2 Å². The smallest absolute Gasteiger partial charge is 0.201 e. The molecule has 2 nitrogen and oxygen atoms in total. The average Bonchev–Trinajstić information content (AvgIpc) is 2.64. The van der Waals surface area contributed by atoms with Crippen molar-refractivity contribution in [2.75, 3.05) is 13.7 Å². The first-order chi connectivity index (χ1) is 12.5. The fraction of sp³-hybridized carbons (Fsp3) is 0.200. The van der Waals surface area contributed by atoms with Gasteiger partial charge >= 0.3 is 0 Å². The van der Waals surface area contributed by atoms with Crippen molar-refractivity contribution in [2.45, 2.75) is 13.3 Å². The third kappa shape index (κ3) is 3.01. The fourth-order valence-corrected chi connectivity index (χ4v) is 2.89. The molecule has 6 heteroatoms. The molecule has 0 aliphatic carbocycles. The Morgan fingerprint density at radius 3 is 2.12 bits per heavy atom. The lowest BCUT2D eigenvalue weighted by molar-refractivity contribution is 0.201. The van der Waals surface area contributed by atoms with Gasteiger partial charge in [-0.2, -0.15) is 4.39 Å². The third-order valence-electron chi connectivity index (χ3n) is 4.12. The van der Waals surface area contributed by atoms with Crippen LogP contribution in [0.25, 0.3) is 21.5 Å². The molecule has 0 spiro atoms. The quantitative estimate of drug-likeness (QED) is 0.331.